The zero-order chi connectivity index (χ0) is 8.97. The van der Waals surface area contributed by atoms with Gasteiger partial charge >= 0.3 is 0 Å². The summed E-state index contributed by atoms with van der Waals surface area (Å²) in [6.07, 6.45) is 3.55. The Morgan fingerprint density at radius 3 is 2.83 bits per heavy atom. The van der Waals surface area contributed by atoms with E-state index in [4.69, 9.17) is 9.84 Å². The quantitative estimate of drug-likeness (QED) is 0.489. The predicted molar refractivity (Wildman–Crippen MR) is 45.6 cm³/mol. The second-order valence-electron chi connectivity index (χ2n) is 3.20. The van der Waals surface area contributed by atoms with Gasteiger partial charge in [-0.1, -0.05) is 6.58 Å². The van der Waals surface area contributed by atoms with Crippen LogP contribution in [-0.4, -0.2) is 28.7 Å². The van der Waals surface area contributed by atoms with E-state index >= 15 is 0 Å². The number of hydrogen-bond donors (Lipinski definition) is 2. The lowest BCUT2D eigenvalue weighted by molar-refractivity contribution is -0.126. The van der Waals surface area contributed by atoms with E-state index in [9.17, 15) is 5.11 Å². The molecule has 3 nitrogen and oxygen atoms in total. The van der Waals surface area contributed by atoms with Crippen LogP contribution in [0.3, 0.4) is 0 Å². The number of aliphatic hydroxyl groups excluding tert-OH is 2. The molecule has 0 aliphatic heterocycles. The van der Waals surface area contributed by atoms with E-state index in [1.165, 1.54) is 6.08 Å². The molecule has 1 fully saturated rings. The summed E-state index contributed by atoms with van der Waals surface area (Å²) in [6.45, 7) is 3.41. The van der Waals surface area contributed by atoms with E-state index < -0.39 is 6.29 Å². The van der Waals surface area contributed by atoms with E-state index in [-0.39, 0.29) is 12.2 Å². The number of hydrogen-bond acceptors (Lipinski definition) is 3. The first-order valence-corrected chi connectivity index (χ1v) is 4.36. The molecule has 12 heavy (non-hydrogen) atoms. The van der Waals surface area contributed by atoms with Gasteiger partial charge in [0.25, 0.3) is 0 Å². The van der Waals surface area contributed by atoms with Crippen LogP contribution < -0.4 is 0 Å². The van der Waals surface area contributed by atoms with Crippen molar-refractivity contribution in [3.05, 3.63) is 12.7 Å². The van der Waals surface area contributed by atoms with Gasteiger partial charge in [-0.25, -0.2) is 0 Å². The predicted octanol–water partition coefficient (Wildman–Crippen LogP) is 0.811. The molecule has 0 aromatic rings. The molecule has 0 aromatic carbocycles. The van der Waals surface area contributed by atoms with Crippen LogP contribution >= 0.6 is 0 Å². The molecular weight excluding hydrogens is 156 g/mol. The Bertz CT molecular complexity index is 147. The van der Waals surface area contributed by atoms with Gasteiger partial charge < -0.3 is 14.9 Å². The number of rotatable bonds is 3. The molecule has 0 spiro atoms. The van der Waals surface area contributed by atoms with Crippen molar-refractivity contribution in [3.8, 4) is 0 Å². The van der Waals surface area contributed by atoms with Gasteiger partial charge in [-0.2, -0.15) is 0 Å². The van der Waals surface area contributed by atoms with Gasteiger partial charge in [0, 0.05) is 0 Å². The monoisotopic (exact) mass is 172 g/mol. The highest BCUT2D eigenvalue weighted by molar-refractivity contribution is 4.76. The first-order chi connectivity index (χ1) is 5.72. The van der Waals surface area contributed by atoms with Crippen LogP contribution in [0.5, 0.6) is 0 Å². The molecule has 1 aliphatic carbocycles. The van der Waals surface area contributed by atoms with Gasteiger partial charge in [-0.15, -0.1) is 0 Å². The summed E-state index contributed by atoms with van der Waals surface area (Å²) < 4.78 is 5.19. The molecule has 3 heteroatoms. The average Bonchev–Trinajstić information content (AvgIpc) is 2.04. The van der Waals surface area contributed by atoms with Crippen LogP contribution in [0, 0.1) is 0 Å². The van der Waals surface area contributed by atoms with Gasteiger partial charge in [0.05, 0.1) is 12.2 Å². The molecule has 0 aromatic heterocycles. The van der Waals surface area contributed by atoms with Gasteiger partial charge in [0.1, 0.15) is 0 Å². The van der Waals surface area contributed by atoms with Crippen molar-refractivity contribution in [3.63, 3.8) is 0 Å². The van der Waals surface area contributed by atoms with E-state index in [0.29, 0.717) is 6.42 Å². The lowest BCUT2D eigenvalue weighted by atomic mass is 9.95. The minimum atomic E-state index is -0.889. The maximum atomic E-state index is 9.28. The summed E-state index contributed by atoms with van der Waals surface area (Å²) in [6, 6.07) is 0. The number of aliphatic hydroxyl groups is 2. The minimum absolute atomic E-state index is 0.0123. The van der Waals surface area contributed by atoms with E-state index in [0.717, 1.165) is 19.3 Å². The van der Waals surface area contributed by atoms with Crippen LogP contribution in [0.1, 0.15) is 25.7 Å². The molecule has 3 atom stereocenters. The summed E-state index contributed by atoms with van der Waals surface area (Å²) in [4.78, 5) is 0. The smallest absolute Gasteiger partial charge is 0.174 e. The van der Waals surface area contributed by atoms with Crippen molar-refractivity contribution in [1.29, 1.82) is 0 Å². The van der Waals surface area contributed by atoms with Gasteiger partial charge in [0.15, 0.2) is 6.29 Å². The zero-order valence-corrected chi connectivity index (χ0v) is 7.15. The molecule has 0 amide bonds. The Balaban J connectivity index is 2.26. The van der Waals surface area contributed by atoms with Crippen molar-refractivity contribution in [2.45, 2.75) is 44.2 Å². The fourth-order valence-corrected chi connectivity index (χ4v) is 1.50. The Hall–Kier alpha value is -0.380. The summed E-state index contributed by atoms with van der Waals surface area (Å²) in [5.41, 5.74) is 0. The third kappa shape index (κ3) is 2.93. The lowest BCUT2D eigenvalue weighted by Gasteiger charge is -2.26. The maximum absolute atomic E-state index is 9.28. The fourth-order valence-electron chi connectivity index (χ4n) is 1.50. The maximum Gasteiger partial charge on any atom is 0.174 e. The molecule has 1 aliphatic rings. The van der Waals surface area contributed by atoms with Gasteiger partial charge in [-0.05, 0) is 31.8 Å². The van der Waals surface area contributed by atoms with Crippen molar-refractivity contribution in [2.75, 3.05) is 0 Å². The van der Waals surface area contributed by atoms with Crippen molar-refractivity contribution >= 4 is 0 Å². The second-order valence-corrected chi connectivity index (χ2v) is 3.20. The number of ether oxygens (including phenoxy) is 1. The highest BCUT2D eigenvalue weighted by Gasteiger charge is 2.21. The third-order valence-electron chi connectivity index (χ3n) is 2.13. The first kappa shape index (κ1) is 9.71. The molecule has 1 saturated carbocycles. The van der Waals surface area contributed by atoms with Crippen LogP contribution in [0.4, 0.5) is 0 Å². The van der Waals surface area contributed by atoms with Crippen molar-refractivity contribution in [2.24, 2.45) is 0 Å². The third-order valence-corrected chi connectivity index (χ3v) is 2.13. The highest BCUT2D eigenvalue weighted by atomic mass is 16.6. The van der Waals surface area contributed by atoms with Crippen LogP contribution in [-0.2, 0) is 4.74 Å². The summed E-state index contributed by atoms with van der Waals surface area (Å²) in [5.74, 6) is 0. The molecule has 2 N–H and O–H groups in total. The first-order valence-electron chi connectivity index (χ1n) is 4.36. The summed E-state index contributed by atoms with van der Waals surface area (Å²) in [5, 5.41) is 18.4. The average molecular weight is 172 g/mol. The van der Waals surface area contributed by atoms with Crippen LogP contribution in [0.2, 0.25) is 0 Å². The molecule has 0 bridgehead atoms. The van der Waals surface area contributed by atoms with E-state index in [2.05, 4.69) is 6.58 Å². The standard InChI is InChI=1S/C9H16O3/c1-2-9(11)12-8-5-3-4-7(10)6-8/h2,7-11H,1,3-6H2. The Morgan fingerprint density at radius 1 is 1.50 bits per heavy atom. The lowest BCUT2D eigenvalue weighted by Crippen LogP contribution is -2.29. The molecule has 0 saturated heterocycles. The molecule has 3 unspecified atom stereocenters. The molecule has 0 heterocycles. The topological polar surface area (TPSA) is 49.7 Å². The molecule has 70 valence electrons. The van der Waals surface area contributed by atoms with Crippen LogP contribution in [0.25, 0.3) is 0 Å². The highest BCUT2D eigenvalue weighted by Crippen LogP contribution is 2.21. The SMILES string of the molecule is C=CC(O)OC1CCCC(O)C1. The largest absolute Gasteiger partial charge is 0.393 e. The Morgan fingerprint density at radius 2 is 2.25 bits per heavy atom. The van der Waals surface area contributed by atoms with Gasteiger partial charge in [0.2, 0.25) is 0 Å². The second kappa shape index (κ2) is 4.60. The van der Waals surface area contributed by atoms with E-state index in [1.807, 2.05) is 0 Å². The van der Waals surface area contributed by atoms with Crippen molar-refractivity contribution in [1.82, 2.24) is 0 Å². The zero-order valence-electron chi connectivity index (χ0n) is 7.15. The normalized spacial score (nSPS) is 32.8. The summed E-state index contributed by atoms with van der Waals surface area (Å²) in [7, 11) is 0. The molecular formula is C9H16O3. The minimum Gasteiger partial charge on any atom is -0.393 e. The van der Waals surface area contributed by atoms with Crippen LogP contribution in [0.15, 0.2) is 12.7 Å². The Kier molecular flexibility index (Phi) is 3.72. The van der Waals surface area contributed by atoms with E-state index in [1.54, 1.807) is 0 Å². The van der Waals surface area contributed by atoms with Crippen molar-refractivity contribution < 1.29 is 14.9 Å². The van der Waals surface area contributed by atoms with Gasteiger partial charge in [-0.3, -0.25) is 0 Å². The Labute approximate surface area is 72.7 Å². The fraction of sp³-hybridized carbons (Fsp3) is 0.778. The molecule has 1 rings (SSSR count). The molecule has 0 radical (unpaired) electrons. The summed E-state index contributed by atoms with van der Waals surface area (Å²) >= 11 is 0.